The highest BCUT2D eigenvalue weighted by molar-refractivity contribution is 5.96. The van der Waals surface area contributed by atoms with E-state index in [2.05, 4.69) is 12.2 Å². The molecular weight excluding hydrogens is 268 g/mol. The Morgan fingerprint density at radius 3 is 2.71 bits per heavy atom. The summed E-state index contributed by atoms with van der Waals surface area (Å²) < 4.78 is 5.16. The third kappa shape index (κ3) is 5.45. The van der Waals surface area contributed by atoms with Crippen LogP contribution in [0.5, 0.6) is 0 Å². The molecule has 1 rings (SSSR count). The highest BCUT2D eigenvalue weighted by Gasteiger charge is 2.20. The second-order valence-corrected chi connectivity index (χ2v) is 5.14. The van der Waals surface area contributed by atoms with Crippen molar-refractivity contribution in [2.24, 2.45) is 0 Å². The highest BCUT2D eigenvalue weighted by atomic mass is 16.5. The van der Waals surface area contributed by atoms with Crippen LogP contribution in [-0.4, -0.2) is 24.5 Å². The minimum Gasteiger partial charge on any atom is -0.449 e. The Morgan fingerprint density at radius 2 is 2.05 bits per heavy atom. The number of unbranched alkanes of at least 4 members (excludes halogenated alkanes) is 2. The largest absolute Gasteiger partial charge is 0.449 e. The third-order valence-electron chi connectivity index (χ3n) is 3.16. The van der Waals surface area contributed by atoms with E-state index in [9.17, 15) is 9.59 Å². The Hall–Kier alpha value is -2.04. The molecule has 0 spiro atoms. The Morgan fingerprint density at radius 1 is 1.33 bits per heavy atom. The quantitative estimate of drug-likeness (QED) is 0.459. The number of ether oxygens (including phenoxy) is 1. The molecule has 0 bridgehead atoms. The molecule has 116 valence electrons. The maximum Gasteiger partial charge on any atom is 0.341 e. The van der Waals surface area contributed by atoms with E-state index >= 15 is 0 Å². The van der Waals surface area contributed by atoms with Gasteiger partial charge in [0, 0.05) is 12.2 Å². The van der Waals surface area contributed by atoms with Gasteiger partial charge in [-0.3, -0.25) is 4.79 Å². The van der Waals surface area contributed by atoms with Crippen LogP contribution in [0.15, 0.2) is 18.2 Å². The molecule has 0 saturated heterocycles. The third-order valence-corrected chi connectivity index (χ3v) is 3.16. The molecule has 0 radical (unpaired) electrons. The van der Waals surface area contributed by atoms with Gasteiger partial charge in [0.05, 0.1) is 5.56 Å². The van der Waals surface area contributed by atoms with Crippen molar-refractivity contribution in [2.45, 2.75) is 46.1 Å². The number of hydrogen-bond acceptors (Lipinski definition) is 4. The first-order valence-corrected chi connectivity index (χ1v) is 7.30. The molecule has 5 nitrogen and oxygen atoms in total. The van der Waals surface area contributed by atoms with E-state index in [-0.39, 0.29) is 5.91 Å². The molecule has 1 amide bonds. The summed E-state index contributed by atoms with van der Waals surface area (Å²) in [6.45, 7) is 6.11. The zero-order chi connectivity index (χ0) is 15.8. The average molecular weight is 292 g/mol. The number of nitrogen functional groups attached to an aromatic ring is 1. The van der Waals surface area contributed by atoms with Crippen molar-refractivity contribution in [1.82, 2.24) is 5.32 Å². The maximum atomic E-state index is 12.0. The van der Waals surface area contributed by atoms with Crippen molar-refractivity contribution in [3.05, 3.63) is 29.3 Å². The molecule has 3 N–H and O–H groups in total. The lowest BCUT2D eigenvalue weighted by Crippen LogP contribution is -2.36. The number of nitrogens with one attached hydrogen (secondary N) is 1. The van der Waals surface area contributed by atoms with Crippen molar-refractivity contribution in [1.29, 1.82) is 0 Å². The first-order chi connectivity index (χ1) is 9.95. The minimum absolute atomic E-state index is 0.286. The SMILES string of the molecule is CCCCCNC(=O)C(C)OC(=O)c1cc(C)ccc1N. The molecule has 0 heterocycles. The second kappa shape index (κ2) is 8.29. The molecule has 21 heavy (non-hydrogen) atoms. The zero-order valence-corrected chi connectivity index (χ0v) is 12.9. The molecule has 0 aromatic heterocycles. The summed E-state index contributed by atoms with van der Waals surface area (Å²) in [5.41, 5.74) is 7.30. The number of anilines is 1. The number of nitrogens with two attached hydrogens (primary N) is 1. The fourth-order valence-corrected chi connectivity index (χ4v) is 1.85. The molecule has 0 saturated carbocycles. The van der Waals surface area contributed by atoms with Crippen molar-refractivity contribution < 1.29 is 14.3 Å². The number of hydrogen-bond donors (Lipinski definition) is 2. The van der Waals surface area contributed by atoms with Gasteiger partial charge in [-0.2, -0.15) is 0 Å². The molecular formula is C16H24N2O3. The molecule has 5 heteroatoms. The molecule has 0 aliphatic carbocycles. The standard InChI is InChI=1S/C16H24N2O3/c1-4-5-6-9-18-15(19)12(3)21-16(20)13-10-11(2)7-8-14(13)17/h7-8,10,12H,4-6,9,17H2,1-3H3,(H,18,19). The van der Waals surface area contributed by atoms with E-state index in [1.54, 1.807) is 19.1 Å². The fourth-order valence-electron chi connectivity index (χ4n) is 1.85. The van der Waals surface area contributed by atoms with Gasteiger partial charge in [0.25, 0.3) is 5.91 Å². The Kier molecular flexibility index (Phi) is 6.72. The maximum absolute atomic E-state index is 12.0. The molecule has 0 aliphatic heterocycles. The van der Waals surface area contributed by atoms with Crippen LogP contribution in [0.3, 0.4) is 0 Å². The van der Waals surface area contributed by atoms with E-state index < -0.39 is 12.1 Å². The topological polar surface area (TPSA) is 81.4 Å². The smallest absolute Gasteiger partial charge is 0.341 e. The van der Waals surface area contributed by atoms with Crippen LogP contribution in [0.4, 0.5) is 5.69 Å². The van der Waals surface area contributed by atoms with E-state index in [1.165, 1.54) is 0 Å². The van der Waals surface area contributed by atoms with Gasteiger partial charge in [-0.25, -0.2) is 4.79 Å². The van der Waals surface area contributed by atoms with Crippen molar-refractivity contribution in [2.75, 3.05) is 12.3 Å². The van der Waals surface area contributed by atoms with Gasteiger partial charge in [0.15, 0.2) is 6.10 Å². The summed E-state index contributed by atoms with van der Waals surface area (Å²) in [5, 5.41) is 2.75. The van der Waals surface area contributed by atoms with Crippen LogP contribution >= 0.6 is 0 Å². The van der Waals surface area contributed by atoms with Crippen LogP contribution in [0.1, 0.15) is 49.0 Å². The number of amides is 1. The van der Waals surface area contributed by atoms with Gasteiger partial charge in [-0.1, -0.05) is 31.4 Å². The Bertz CT molecular complexity index is 500. The monoisotopic (exact) mass is 292 g/mol. The number of carbonyl (C=O) groups excluding carboxylic acids is 2. The van der Waals surface area contributed by atoms with Gasteiger partial charge in [0.1, 0.15) is 0 Å². The number of esters is 1. The summed E-state index contributed by atoms with van der Waals surface area (Å²) in [6.07, 6.45) is 2.24. The normalized spacial score (nSPS) is 11.8. The first kappa shape index (κ1) is 17.0. The average Bonchev–Trinajstić information content (AvgIpc) is 2.45. The molecule has 1 aromatic rings. The summed E-state index contributed by atoms with van der Waals surface area (Å²) in [6, 6.07) is 5.13. The predicted molar refractivity (Wildman–Crippen MR) is 83.0 cm³/mol. The molecule has 1 aromatic carbocycles. The van der Waals surface area contributed by atoms with E-state index in [0.717, 1.165) is 24.8 Å². The molecule has 1 atom stereocenters. The predicted octanol–water partition coefficient (Wildman–Crippen LogP) is 2.43. The summed E-state index contributed by atoms with van der Waals surface area (Å²) >= 11 is 0. The van der Waals surface area contributed by atoms with Crippen LogP contribution in [0, 0.1) is 6.92 Å². The Balaban J connectivity index is 2.53. The number of rotatable bonds is 7. The molecule has 1 unspecified atom stereocenters. The lowest BCUT2D eigenvalue weighted by Gasteiger charge is -2.14. The first-order valence-electron chi connectivity index (χ1n) is 7.30. The van der Waals surface area contributed by atoms with Crippen molar-refractivity contribution in [3.8, 4) is 0 Å². The van der Waals surface area contributed by atoms with Crippen LogP contribution in [-0.2, 0) is 9.53 Å². The van der Waals surface area contributed by atoms with Gasteiger partial charge >= 0.3 is 5.97 Å². The van der Waals surface area contributed by atoms with E-state index in [0.29, 0.717) is 17.8 Å². The van der Waals surface area contributed by atoms with Crippen molar-refractivity contribution in [3.63, 3.8) is 0 Å². The minimum atomic E-state index is -0.834. The van der Waals surface area contributed by atoms with E-state index in [1.807, 2.05) is 13.0 Å². The molecule has 0 aliphatic rings. The second-order valence-electron chi connectivity index (χ2n) is 5.14. The van der Waals surface area contributed by atoms with Crippen LogP contribution < -0.4 is 11.1 Å². The number of aryl methyl sites for hydroxylation is 1. The molecule has 0 fully saturated rings. The van der Waals surface area contributed by atoms with Gasteiger partial charge < -0.3 is 15.8 Å². The van der Waals surface area contributed by atoms with E-state index in [4.69, 9.17) is 10.5 Å². The van der Waals surface area contributed by atoms with Gasteiger partial charge in [-0.15, -0.1) is 0 Å². The van der Waals surface area contributed by atoms with Crippen molar-refractivity contribution >= 4 is 17.6 Å². The Labute approximate surface area is 125 Å². The van der Waals surface area contributed by atoms with Crippen LogP contribution in [0.2, 0.25) is 0 Å². The summed E-state index contributed by atoms with van der Waals surface area (Å²) in [4.78, 5) is 23.8. The number of benzene rings is 1. The summed E-state index contributed by atoms with van der Waals surface area (Å²) in [7, 11) is 0. The van der Waals surface area contributed by atoms with Gasteiger partial charge in [-0.05, 0) is 32.4 Å². The number of carbonyl (C=O) groups is 2. The lowest BCUT2D eigenvalue weighted by molar-refractivity contribution is -0.129. The summed E-state index contributed by atoms with van der Waals surface area (Å²) in [5.74, 6) is -0.863. The highest BCUT2D eigenvalue weighted by Crippen LogP contribution is 2.15. The zero-order valence-electron chi connectivity index (χ0n) is 12.9. The van der Waals surface area contributed by atoms with Gasteiger partial charge in [0.2, 0.25) is 0 Å². The lowest BCUT2D eigenvalue weighted by atomic mass is 10.1. The van der Waals surface area contributed by atoms with Crippen LogP contribution in [0.25, 0.3) is 0 Å². The fraction of sp³-hybridized carbons (Fsp3) is 0.500.